The lowest BCUT2D eigenvalue weighted by Gasteiger charge is -2.46. The van der Waals surface area contributed by atoms with Crippen LogP contribution in [0.1, 0.15) is 0 Å². The minimum atomic E-state index is -6.21. The average molecular weight is 450 g/mol. The van der Waals surface area contributed by atoms with Crippen LogP contribution in [0.2, 0.25) is 0 Å². The van der Waals surface area contributed by atoms with Crippen LogP contribution in [0.25, 0.3) is 0 Å². The first-order valence-corrected chi connectivity index (χ1v) is 6.37. The summed E-state index contributed by atoms with van der Waals surface area (Å²) in [4.78, 5) is 49.6. The van der Waals surface area contributed by atoms with Gasteiger partial charge in [0.25, 0.3) is 0 Å². The fraction of sp³-hybridized carbons (Fsp3) is 1.00. The average Bonchev–Trinajstić information content (AvgIpc) is 2.61. The summed E-state index contributed by atoms with van der Waals surface area (Å²) in [5.41, 5.74) is -37.3. The SMILES string of the molecule is O=[N+]([O-])C1(O)C(O)([N+](=O)[O-])C(O)([N+](=O)[O-])C(O)([N+](=O)[O-])C(O)([N+](=O)[O-])C1(O)[N+](=O)[O-]. The lowest BCUT2D eigenvalue weighted by molar-refractivity contribution is -0.964. The van der Waals surface area contributed by atoms with Gasteiger partial charge in [-0.3, -0.25) is 60.7 Å². The Labute approximate surface area is 156 Å². The Bertz CT molecular complexity index is 695. The molecule has 0 atom stereocenters. The molecule has 1 rings (SSSR count). The zero-order chi connectivity index (χ0) is 24.5. The summed E-state index contributed by atoms with van der Waals surface area (Å²) >= 11 is 0. The van der Waals surface area contributed by atoms with Crippen molar-refractivity contribution in [2.24, 2.45) is 0 Å². The van der Waals surface area contributed by atoms with Crippen molar-refractivity contribution in [1.29, 1.82) is 0 Å². The van der Waals surface area contributed by atoms with E-state index < -0.39 is 63.9 Å². The van der Waals surface area contributed by atoms with Crippen molar-refractivity contribution in [3.05, 3.63) is 60.7 Å². The van der Waals surface area contributed by atoms with Crippen molar-refractivity contribution in [3.8, 4) is 0 Å². The van der Waals surface area contributed by atoms with Gasteiger partial charge in [-0.05, 0) is 0 Å². The van der Waals surface area contributed by atoms with Crippen molar-refractivity contribution in [1.82, 2.24) is 0 Å². The van der Waals surface area contributed by atoms with E-state index in [9.17, 15) is 91.3 Å². The first-order chi connectivity index (χ1) is 13.2. The minimum Gasteiger partial charge on any atom is -0.314 e. The zero-order valence-corrected chi connectivity index (χ0v) is 13.3. The van der Waals surface area contributed by atoms with Crippen molar-refractivity contribution in [2.75, 3.05) is 0 Å². The van der Waals surface area contributed by atoms with Gasteiger partial charge in [-0.1, -0.05) is 0 Å². The predicted octanol–water partition coefficient (Wildman–Crippen LogP) is -6.21. The molecule has 0 radical (unpaired) electrons. The smallest absolute Gasteiger partial charge is 0.314 e. The molecule has 0 amide bonds. The third kappa shape index (κ3) is 1.75. The molecule has 0 aliphatic heterocycles. The number of rotatable bonds is 6. The van der Waals surface area contributed by atoms with E-state index in [0.717, 1.165) is 0 Å². The first kappa shape index (κ1) is 24.2. The second kappa shape index (κ2) is 5.84. The molecular weight excluding hydrogens is 444 g/mol. The van der Waals surface area contributed by atoms with Gasteiger partial charge in [-0.2, -0.15) is 0 Å². The number of hydrogen-bond donors (Lipinski definition) is 6. The normalized spacial score (nSPS) is 43.4. The summed E-state index contributed by atoms with van der Waals surface area (Å²) in [6, 6.07) is 0. The fourth-order valence-electron chi connectivity index (χ4n) is 2.99. The predicted molar refractivity (Wildman–Crippen MR) is 71.7 cm³/mol. The van der Waals surface area contributed by atoms with Crippen LogP contribution >= 0.6 is 0 Å². The molecule has 0 bridgehead atoms. The highest BCUT2D eigenvalue weighted by atomic mass is 16.8. The van der Waals surface area contributed by atoms with Crippen LogP contribution in [-0.2, 0) is 0 Å². The van der Waals surface area contributed by atoms with Crippen LogP contribution in [0.4, 0.5) is 0 Å². The molecular formula is C6H6N6O18. The summed E-state index contributed by atoms with van der Waals surface area (Å²) in [5, 5.41) is 127. The van der Waals surface area contributed by atoms with E-state index >= 15 is 0 Å². The molecule has 1 saturated carbocycles. The Morgan fingerprint density at radius 1 is 0.333 bits per heavy atom. The van der Waals surface area contributed by atoms with Crippen molar-refractivity contribution in [2.45, 2.75) is 34.3 Å². The molecule has 1 aliphatic rings. The van der Waals surface area contributed by atoms with E-state index in [-0.39, 0.29) is 0 Å². The molecule has 30 heavy (non-hydrogen) atoms. The van der Waals surface area contributed by atoms with E-state index in [1.807, 2.05) is 0 Å². The zero-order valence-electron chi connectivity index (χ0n) is 13.3. The van der Waals surface area contributed by atoms with Gasteiger partial charge in [0.15, 0.2) is 0 Å². The number of aliphatic hydroxyl groups is 6. The molecule has 0 saturated heterocycles. The fourth-order valence-corrected chi connectivity index (χ4v) is 2.99. The Hall–Kier alpha value is -3.84. The second-order valence-electron chi connectivity index (χ2n) is 5.58. The summed E-state index contributed by atoms with van der Waals surface area (Å²) in [6.45, 7) is 0. The molecule has 0 aromatic heterocycles. The van der Waals surface area contributed by atoms with E-state index in [1.165, 1.54) is 0 Å². The number of nitro groups is 6. The molecule has 0 unspecified atom stereocenters. The van der Waals surface area contributed by atoms with Crippen molar-refractivity contribution >= 4 is 0 Å². The van der Waals surface area contributed by atoms with Crippen LogP contribution in [0.5, 0.6) is 0 Å². The minimum absolute atomic E-state index is 2.96. The topological polar surface area (TPSA) is 380 Å². The molecule has 0 heterocycles. The molecule has 1 aliphatic carbocycles. The summed E-state index contributed by atoms with van der Waals surface area (Å²) in [7, 11) is 0. The Morgan fingerprint density at radius 3 is 0.433 bits per heavy atom. The molecule has 24 heteroatoms. The highest BCUT2D eigenvalue weighted by Crippen LogP contribution is 2.59. The third-order valence-corrected chi connectivity index (χ3v) is 4.50. The quantitative estimate of drug-likeness (QED) is 0.124. The maximum atomic E-state index is 11.2. The van der Waals surface area contributed by atoms with Crippen molar-refractivity contribution < 1.29 is 60.2 Å². The highest BCUT2D eigenvalue weighted by Gasteiger charge is 3.21. The van der Waals surface area contributed by atoms with Gasteiger partial charge in [-0.15, -0.1) is 0 Å². The van der Waals surface area contributed by atoms with E-state index in [1.54, 1.807) is 0 Å². The third-order valence-electron chi connectivity index (χ3n) is 4.50. The molecule has 0 aromatic carbocycles. The van der Waals surface area contributed by atoms with E-state index in [4.69, 9.17) is 0 Å². The molecule has 24 nitrogen and oxygen atoms in total. The van der Waals surface area contributed by atoms with Crippen LogP contribution in [-0.4, -0.2) is 94.5 Å². The monoisotopic (exact) mass is 450 g/mol. The number of nitrogens with zero attached hydrogens (tertiary/aromatic N) is 6. The van der Waals surface area contributed by atoms with E-state index in [0.29, 0.717) is 0 Å². The first-order valence-electron chi connectivity index (χ1n) is 6.37. The Morgan fingerprint density at radius 2 is 0.400 bits per heavy atom. The van der Waals surface area contributed by atoms with Gasteiger partial charge in [0, 0.05) is 0 Å². The highest BCUT2D eigenvalue weighted by molar-refractivity contribution is 5.21. The van der Waals surface area contributed by atoms with Crippen LogP contribution in [0, 0.1) is 60.7 Å². The lowest BCUT2D eigenvalue weighted by atomic mass is 9.62. The standard InChI is InChI=1S/C6H6N6O18/c13-1(7(19)20)2(14,8(21)22)4(16,10(25)26)6(18,12(29)30)5(17,11(27)28)3(1,15)9(23)24/h13-18H. The largest absolute Gasteiger partial charge is 0.537 e. The summed E-state index contributed by atoms with van der Waals surface area (Å²) < 4.78 is 0. The van der Waals surface area contributed by atoms with Crippen LogP contribution < -0.4 is 0 Å². The van der Waals surface area contributed by atoms with Crippen molar-refractivity contribution in [3.63, 3.8) is 0 Å². The van der Waals surface area contributed by atoms with Crippen LogP contribution in [0.15, 0.2) is 0 Å². The summed E-state index contributed by atoms with van der Waals surface area (Å²) in [6.07, 6.45) is 0. The van der Waals surface area contributed by atoms with Gasteiger partial charge in [0.1, 0.15) is 0 Å². The molecule has 0 aromatic rings. The van der Waals surface area contributed by atoms with Gasteiger partial charge in [0.05, 0.1) is 29.5 Å². The lowest BCUT2D eigenvalue weighted by Crippen LogP contribution is -3.02. The molecule has 6 N–H and O–H groups in total. The van der Waals surface area contributed by atoms with Gasteiger partial charge < -0.3 is 30.6 Å². The summed E-state index contributed by atoms with van der Waals surface area (Å²) in [5.74, 6) is 0. The van der Waals surface area contributed by atoms with E-state index in [2.05, 4.69) is 0 Å². The van der Waals surface area contributed by atoms with Gasteiger partial charge in [-0.25, -0.2) is 0 Å². The Balaban J connectivity index is 4.76. The maximum Gasteiger partial charge on any atom is 0.537 e. The number of hydrogen-bond acceptors (Lipinski definition) is 18. The molecule has 168 valence electrons. The van der Waals surface area contributed by atoms with Gasteiger partial charge >= 0.3 is 34.3 Å². The maximum absolute atomic E-state index is 11.2. The van der Waals surface area contributed by atoms with Gasteiger partial charge in [0.2, 0.25) is 0 Å². The second-order valence-corrected chi connectivity index (χ2v) is 5.58. The molecule has 1 fully saturated rings. The Kier molecular flexibility index (Phi) is 4.71. The van der Waals surface area contributed by atoms with Crippen LogP contribution in [0.3, 0.4) is 0 Å². The molecule has 0 spiro atoms.